The monoisotopic (exact) mass is 310 g/mol. The minimum absolute atomic E-state index is 0.00334. The molecule has 0 bridgehead atoms. The van der Waals surface area contributed by atoms with Crippen LogP contribution in [0.25, 0.3) is 0 Å². The van der Waals surface area contributed by atoms with Crippen molar-refractivity contribution in [2.75, 3.05) is 19.6 Å². The van der Waals surface area contributed by atoms with E-state index >= 15 is 0 Å². The molecule has 0 aromatic heterocycles. The van der Waals surface area contributed by atoms with Gasteiger partial charge < -0.3 is 25.1 Å². The quantitative estimate of drug-likeness (QED) is 0.186. The van der Waals surface area contributed by atoms with Crippen LogP contribution in [0.15, 0.2) is 48.3 Å². The van der Waals surface area contributed by atoms with Crippen molar-refractivity contribution in [2.45, 2.75) is 13.8 Å². The molecule has 0 unspecified atom stereocenters. The standard InChI is InChI=1S/C15H22N2O5/c1-5-16(8-11(2)19)6-7-17(12(3)13(4)20)9-14(10-18)15(21)22/h5,9-10,19-20H,1-2,6-8H2,3-4H3,(H,21,22)/b13-12+,14-9+. The lowest BCUT2D eigenvalue weighted by molar-refractivity contribution is -0.133. The molecule has 0 radical (unpaired) electrons. The summed E-state index contributed by atoms with van der Waals surface area (Å²) in [7, 11) is 0. The Hall–Kier alpha value is -2.70. The van der Waals surface area contributed by atoms with Crippen molar-refractivity contribution < 1.29 is 24.9 Å². The average molecular weight is 310 g/mol. The van der Waals surface area contributed by atoms with E-state index in [0.29, 0.717) is 12.2 Å². The van der Waals surface area contributed by atoms with Crippen LogP contribution >= 0.6 is 0 Å². The first-order valence-corrected chi connectivity index (χ1v) is 6.49. The van der Waals surface area contributed by atoms with Crippen LogP contribution < -0.4 is 0 Å². The number of carboxylic acids is 1. The third-order valence-electron chi connectivity index (χ3n) is 2.90. The van der Waals surface area contributed by atoms with Crippen LogP contribution in [-0.4, -0.2) is 57.0 Å². The van der Waals surface area contributed by atoms with Crippen LogP contribution in [0, 0.1) is 0 Å². The summed E-state index contributed by atoms with van der Waals surface area (Å²) in [4.78, 5) is 24.8. The number of hydrogen-bond acceptors (Lipinski definition) is 6. The van der Waals surface area contributed by atoms with Gasteiger partial charge in [0.05, 0.1) is 12.2 Å². The molecule has 0 fully saturated rings. The van der Waals surface area contributed by atoms with Crippen LogP contribution in [0.2, 0.25) is 0 Å². The number of rotatable bonds is 10. The molecule has 3 N–H and O–H groups in total. The second-order valence-electron chi connectivity index (χ2n) is 4.59. The van der Waals surface area contributed by atoms with E-state index in [1.54, 1.807) is 11.8 Å². The predicted molar refractivity (Wildman–Crippen MR) is 83.0 cm³/mol. The highest BCUT2D eigenvalue weighted by molar-refractivity contribution is 6.06. The minimum atomic E-state index is -1.35. The first kappa shape index (κ1) is 19.3. The molecule has 0 spiro atoms. The maximum Gasteiger partial charge on any atom is 0.340 e. The lowest BCUT2D eigenvalue weighted by Gasteiger charge is -2.26. The summed E-state index contributed by atoms with van der Waals surface area (Å²) < 4.78 is 0. The van der Waals surface area contributed by atoms with Crippen molar-refractivity contribution in [2.24, 2.45) is 0 Å². The number of carbonyl (C=O) groups excluding carboxylic acids is 1. The molecular formula is C15H22N2O5. The minimum Gasteiger partial charge on any atom is -0.511 e. The number of aliphatic hydroxyl groups is 2. The molecule has 0 aromatic carbocycles. The number of carbonyl (C=O) groups is 2. The van der Waals surface area contributed by atoms with Gasteiger partial charge in [-0.3, -0.25) is 4.79 Å². The lowest BCUT2D eigenvalue weighted by Crippen LogP contribution is -2.31. The second-order valence-corrected chi connectivity index (χ2v) is 4.59. The van der Waals surface area contributed by atoms with Gasteiger partial charge in [-0.2, -0.15) is 0 Å². The van der Waals surface area contributed by atoms with Crippen LogP contribution in [0.5, 0.6) is 0 Å². The van der Waals surface area contributed by atoms with Crippen molar-refractivity contribution in [3.05, 3.63) is 48.3 Å². The lowest BCUT2D eigenvalue weighted by atomic mass is 10.3. The van der Waals surface area contributed by atoms with Gasteiger partial charge in [0, 0.05) is 19.3 Å². The van der Waals surface area contributed by atoms with Crippen molar-refractivity contribution >= 4 is 12.3 Å². The second kappa shape index (κ2) is 9.28. The largest absolute Gasteiger partial charge is 0.511 e. The fourth-order valence-electron chi connectivity index (χ4n) is 1.55. The van der Waals surface area contributed by atoms with E-state index in [4.69, 9.17) is 5.11 Å². The fraction of sp³-hybridized carbons (Fsp3) is 0.333. The van der Waals surface area contributed by atoms with E-state index in [1.807, 2.05) is 0 Å². The highest BCUT2D eigenvalue weighted by atomic mass is 16.4. The van der Waals surface area contributed by atoms with E-state index in [2.05, 4.69) is 13.2 Å². The van der Waals surface area contributed by atoms with Crippen molar-refractivity contribution in [3.8, 4) is 0 Å². The molecular weight excluding hydrogens is 288 g/mol. The summed E-state index contributed by atoms with van der Waals surface area (Å²) in [6.45, 7) is 10.9. The molecule has 0 saturated heterocycles. The van der Waals surface area contributed by atoms with E-state index < -0.39 is 11.5 Å². The molecule has 0 aliphatic heterocycles. The highest BCUT2D eigenvalue weighted by Gasteiger charge is 2.13. The van der Waals surface area contributed by atoms with E-state index in [9.17, 15) is 19.8 Å². The third kappa shape index (κ3) is 6.65. The Kier molecular flexibility index (Phi) is 8.14. The first-order chi connectivity index (χ1) is 10.2. The normalized spacial score (nSPS) is 12.2. The number of aliphatic hydroxyl groups excluding tert-OH is 2. The summed E-state index contributed by atoms with van der Waals surface area (Å²) >= 11 is 0. The Morgan fingerprint density at radius 2 is 1.77 bits per heavy atom. The van der Waals surface area contributed by atoms with Crippen LogP contribution in [-0.2, 0) is 9.59 Å². The van der Waals surface area contributed by atoms with Gasteiger partial charge in [-0.25, -0.2) is 4.79 Å². The van der Waals surface area contributed by atoms with Crippen molar-refractivity contribution in [3.63, 3.8) is 0 Å². The number of aldehydes is 1. The first-order valence-electron chi connectivity index (χ1n) is 6.49. The predicted octanol–water partition coefficient (Wildman–Crippen LogP) is 1.78. The van der Waals surface area contributed by atoms with Gasteiger partial charge in [-0.15, -0.1) is 0 Å². The van der Waals surface area contributed by atoms with Gasteiger partial charge in [-0.05, 0) is 20.0 Å². The van der Waals surface area contributed by atoms with E-state index in [0.717, 1.165) is 6.20 Å². The Balaban J connectivity index is 5.24. The Bertz CT molecular complexity index is 504. The zero-order valence-electron chi connectivity index (χ0n) is 12.8. The summed E-state index contributed by atoms with van der Waals surface area (Å²) in [5.41, 5.74) is -0.0234. The summed E-state index contributed by atoms with van der Waals surface area (Å²) in [5.74, 6) is -1.39. The molecule has 7 heteroatoms. The summed E-state index contributed by atoms with van der Waals surface area (Å²) in [6.07, 6.45) is 2.89. The molecule has 0 saturated carbocycles. The van der Waals surface area contributed by atoms with Crippen LogP contribution in [0.3, 0.4) is 0 Å². The molecule has 0 amide bonds. The maximum absolute atomic E-state index is 10.9. The van der Waals surface area contributed by atoms with Gasteiger partial charge in [0.2, 0.25) is 0 Å². The molecule has 7 nitrogen and oxygen atoms in total. The summed E-state index contributed by atoms with van der Waals surface area (Å²) in [5, 5.41) is 27.7. The molecule has 0 rings (SSSR count). The average Bonchev–Trinajstić information content (AvgIpc) is 2.44. The van der Waals surface area contributed by atoms with Gasteiger partial charge in [0.1, 0.15) is 17.1 Å². The fourth-order valence-corrected chi connectivity index (χ4v) is 1.55. The van der Waals surface area contributed by atoms with E-state index in [1.165, 1.54) is 18.0 Å². The molecule has 0 aliphatic carbocycles. The third-order valence-corrected chi connectivity index (χ3v) is 2.90. The highest BCUT2D eigenvalue weighted by Crippen LogP contribution is 2.11. The van der Waals surface area contributed by atoms with Gasteiger partial charge in [-0.1, -0.05) is 13.2 Å². The topological polar surface area (TPSA) is 101 Å². The number of hydrogen-bond donors (Lipinski definition) is 3. The molecule has 0 heterocycles. The Labute approximate surface area is 129 Å². The Morgan fingerprint density at radius 1 is 1.18 bits per heavy atom. The number of allylic oxidation sites excluding steroid dienone is 2. The molecule has 0 aromatic rings. The Morgan fingerprint density at radius 3 is 2.14 bits per heavy atom. The van der Waals surface area contributed by atoms with Gasteiger partial charge >= 0.3 is 5.97 Å². The maximum atomic E-state index is 10.9. The zero-order valence-corrected chi connectivity index (χ0v) is 12.8. The summed E-state index contributed by atoms with van der Waals surface area (Å²) in [6, 6.07) is 0. The van der Waals surface area contributed by atoms with Crippen LogP contribution in [0.1, 0.15) is 13.8 Å². The van der Waals surface area contributed by atoms with E-state index in [-0.39, 0.29) is 30.9 Å². The number of aliphatic carboxylic acids is 1. The molecule has 22 heavy (non-hydrogen) atoms. The van der Waals surface area contributed by atoms with Crippen LogP contribution in [0.4, 0.5) is 0 Å². The number of carboxylic acid groups (broad SMARTS) is 1. The van der Waals surface area contributed by atoms with Crippen molar-refractivity contribution in [1.29, 1.82) is 0 Å². The number of nitrogens with zero attached hydrogens (tertiary/aromatic N) is 2. The zero-order chi connectivity index (χ0) is 17.3. The van der Waals surface area contributed by atoms with Crippen molar-refractivity contribution in [1.82, 2.24) is 9.80 Å². The van der Waals surface area contributed by atoms with Gasteiger partial charge in [0.25, 0.3) is 0 Å². The molecule has 122 valence electrons. The molecule has 0 aliphatic rings. The molecule has 0 atom stereocenters. The van der Waals surface area contributed by atoms with Gasteiger partial charge in [0.15, 0.2) is 6.29 Å². The smallest absolute Gasteiger partial charge is 0.340 e. The SMILES string of the molecule is C=CN(CCN(/C=C(\C=O)C(=O)O)/C(C)=C(\C)O)CC(=C)O.